The van der Waals surface area contributed by atoms with Crippen molar-refractivity contribution in [2.45, 2.75) is 36.7 Å². The van der Waals surface area contributed by atoms with Gasteiger partial charge in [0.1, 0.15) is 6.10 Å². The lowest BCUT2D eigenvalue weighted by atomic mass is 9.99. The van der Waals surface area contributed by atoms with Crippen LogP contribution in [0.3, 0.4) is 0 Å². The molecule has 3 aliphatic heterocycles. The predicted octanol–water partition coefficient (Wildman–Crippen LogP) is 3.62. The predicted molar refractivity (Wildman–Crippen MR) is 128 cm³/mol. The smallest absolute Gasteiger partial charge is 0.414 e. The third-order valence-corrected chi connectivity index (χ3v) is 7.16. The van der Waals surface area contributed by atoms with Crippen LogP contribution in [0, 0.1) is 0 Å². The molecule has 2 aromatic carbocycles. The van der Waals surface area contributed by atoms with Crippen LogP contribution < -0.4 is 20.9 Å². The summed E-state index contributed by atoms with van der Waals surface area (Å²) in [6.07, 6.45) is 2.81. The summed E-state index contributed by atoms with van der Waals surface area (Å²) in [5.74, 6) is 0.278. The highest BCUT2D eigenvalue weighted by Crippen LogP contribution is 2.35. The van der Waals surface area contributed by atoms with Crippen LogP contribution in [0.2, 0.25) is 0 Å². The fourth-order valence-corrected chi connectivity index (χ4v) is 5.24. The standard InChI is InChI=1S/C24H26N4O4S/c29-21-14-33-20-9-8-16(12-19(20)27-21)28-13-17(32-24(28)31)6-3-11-26-23(30)18-7-1-4-15-5-2-10-25-22(15)18/h1,4,7-9,12,17,25H,2-3,5-6,10-11,13-14H2,(H,26,30)(H,27,29). The lowest BCUT2D eigenvalue weighted by molar-refractivity contribution is -0.113. The number of aryl methyl sites for hydroxylation is 1. The van der Waals surface area contributed by atoms with E-state index in [1.807, 2.05) is 30.3 Å². The zero-order valence-corrected chi connectivity index (χ0v) is 19.0. The molecule has 1 unspecified atom stereocenters. The molecule has 0 aromatic heterocycles. The molecule has 0 radical (unpaired) electrons. The normalized spacial score (nSPS) is 19.2. The number of amides is 3. The van der Waals surface area contributed by atoms with Gasteiger partial charge in [0, 0.05) is 23.7 Å². The summed E-state index contributed by atoms with van der Waals surface area (Å²) in [7, 11) is 0. The van der Waals surface area contributed by atoms with Gasteiger partial charge in [-0.1, -0.05) is 12.1 Å². The number of benzene rings is 2. The molecule has 1 fully saturated rings. The van der Waals surface area contributed by atoms with E-state index in [1.165, 1.54) is 17.3 Å². The first kappa shape index (κ1) is 21.6. The number of cyclic esters (lactones) is 1. The summed E-state index contributed by atoms with van der Waals surface area (Å²) in [5, 5.41) is 9.19. The van der Waals surface area contributed by atoms with Gasteiger partial charge in [0.2, 0.25) is 5.91 Å². The van der Waals surface area contributed by atoms with E-state index >= 15 is 0 Å². The van der Waals surface area contributed by atoms with E-state index in [0.717, 1.165) is 35.7 Å². The highest BCUT2D eigenvalue weighted by Gasteiger charge is 2.32. The van der Waals surface area contributed by atoms with Crippen molar-refractivity contribution in [2.75, 3.05) is 40.9 Å². The van der Waals surface area contributed by atoms with Gasteiger partial charge in [-0.15, -0.1) is 11.8 Å². The van der Waals surface area contributed by atoms with Gasteiger partial charge in [0.25, 0.3) is 5.91 Å². The van der Waals surface area contributed by atoms with Crippen molar-refractivity contribution in [1.82, 2.24) is 5.32 Å². The molecular weight excluding hydrogens is 440 g/mol. The van der Waals surface area contributed by atoms with E-state index in [9.17, 15) is 14.4 Å². The minimum Gasteiger partial charge on any atom is -0.444 e. The van der Waals surface area contributed by atoms with E-state index in [4.69, 9.17) is 4.74 Å². The summed E-state index contributed by atoms with van der Waals surface area (Å²) in [4.78, 5) is 39.3. The van der Waals surface area contributed by atoms with Crippen molar-refractivity contribution in [3.05, 3.63) is 47.5 Å². The van der Waals surface area contributed by atoms with Crippen LogP contribution in [0.15, 0.2) is 41.3 Å². The molecule has 0 bridgehead atoms. The molecule has 0 aliphatic carbocycles. The van der Waals surface area contributed by atoms with Gasteiger partial charge in [-0.2, -0.15) is 0 Å². The molecule has 33 heavy (non-hydrogen) atoms. The monoisotopic (exact) mass is 466 g/mol. The number of hydrogen-bond donors (Lipinski definition) is 3. The molecule has 0 saturated carbocycles. The fraction of sp³-hybridized carbons (Fsp3) is 0.375. The third kappa shape index (κ3) is 4.64. The molecule has 0 spiro atoms. The Morgan fingerprint density at radius 1 is 1.24 bits per heavy atom. The second-order valence-electron chi connectivity index (χ2n) is 8.40. The first-order valence-electron chi connectivity index (χ1n) is 11.3. The molecule has 3 heterocycles. The van der Waals surface area contributed by atoms with Crippen molar-refractivity contribution >= 4 is 46.7 Å². The number of ether oxygens (including phenoxy) is 1. The van der Waals surface area contributed by atoms with Crippen molar-refractivity contribution < 1.29 is 19.1 Å². The number of hydrogen-bond acceptors (Lipinski definition) is 6. The number of nitrogens with zero attached hydrogens (tertiary/aromatic N) is 1. The molecular formula is C24H26N4O4S. The SMILES string of the molecule is O=C1CSc2ccc(N3CC(CCCNC(=O)c4cccc5c4NCCC5)OC3=O)cc2N1. The van der Waals surface area contributed by atoms with Crippen LogP contribution in [0.1, 0.15) is 35.2 Å². The minimum atomic E-state index is -0.388. The van der Waals surface area contributed by atoms with E-state index < -0.39 is 0 Å². The maximum atomic E-state index is 12.7. The number of rotatable bonds is 6. The zero-order valence-electron chi connectivity index (χ0n) is 18.2. The Hall–Kier alpha value is -3.20. The Labute approximate surface area is 196 Å². The van der Waals surface area contributed by atoms with Crippen LogP contribution in [-0.4, -0.2) is 49.4 Å². The van der Waals surface area contributed by atoms with Gasteiger partial charge in [-0.3, -0.25) is 14.5 Å². The topological polar surface area (TPSA) is 99.8 Å². The highest BCUT2D eigenvalue weighted by molar-refractivity contribution is 8.00. The van der Waals surface area contributed by atoms with Crippen molar-refractivity contribution in [2.24, 2.45) is 0 Å². The number of para-hydroxylation sites is 1. The van der Waals surface area contributed by atoms with E-state index in [2.05, 4.69) is 22.0 Å². The number of thioether (sulfide) groups is 1. The number of nitrogens with one attached hydrogen (secondary N) is 3. The highest BCUT2D eigenvalue weighted by atomic mass is 32.2. The average molecular weight is 467 g/mol. The van der Waals surface area contributed by atoms with Gasteiger partial charge in [0.15, 0.2) is 0 Å². The molecule has 172 valence electrons. The molecule has 3 N–H and O–H groups in total. The van der Waals surface area contributed by atoms with Gasteiger partial charge < -0.3 is 20.7 Å². The van der Waals surface area contributed by atoms with Gasteiger partial charge >= 0.3 is 6.09 Å². The largest absolute Gasteiger partial charge is 0.444 e. The van der Waals surface area contributed by atoms with Gasteiger partial charge in [-0.05, 0) is 55.5 Å². The summed E-state index contributed by atoms with van der Waals surface area (Å²) < 4.78 is 5.53. The van der Waals surface area contributed by atoms with E-state index in [0.29, 0.717) is 42.9 Å². The first-order valence-corrected chi connectivity index (χ1v) is 12.3. The minimum absolute atomic E-state index is 0.0413. The summed E-state index contributed by atoms with van der Waals surface area (Å²) >= 11 is 1.49. The summed E-state index contributed by atoms with van der Waals surface area (Å²) in [6, 6.07) is 11.5. The van der Waals surface area contributed by atoms with Crippen LogP contribution >= 0.6 is 11.8 Å². The van der Waals surface area contributed by atoms with Crippen LogP contribution in [0.4, 0.5) is 21.9 Å². The van der Waals surface area contributed by atoms with Crippen LogP contribution in [-0.2, 0) is 16.0 Å². The Balaban J connectivity index is 1.13. The Kier molecular flexibility index (Phi) is 6.13. The van der Waals surface area contributed by atoms with Gasteiger partial charge in [0.05, 0.1) is 29.2 Å². The second kappa shape index (κ2) is 9.35. The lowest BCUT2D eigenvalue weighted by Gasteiger charge is -2.20. The number of carbonyl (C=O) groups excluding carboxylic acids is 3. The van der Waals surface area contributed by atoms with Crippen molar-refractivity contribution in [3.8, 4) is 0 Å². The zero-order chi connectivity index (χ0) is 22.8. The van der Waals surface area contributed by atoms with E-state index in [1.54, 1.807) is 4.90 Å². The number of carbonyl (C=O) groups is 3. The molecule has 3 amide bonds. The Bertz CT molecular complexity index is 1110. The fourth-order valence-electron chi connectivity index (χ4n) is 4.45. The molecule has 3 aliphatic rings. The maximum absolute atomic E-state index is 12.7. The summed E-state index contributed by atoms with van der Waals surface area (Å²) in [5.41, 5.74) is 4.25. The number of anilines is 3. The quantitative estimate of drug-likeness (QED) is 0.563. The van der Waals surface area contributed by atoms with E-state index in [-0.39, 0.29) is 24.0 Å². The van der Waals surface area contributed by atoms with Crippen LogP contribution in [0.25, 0.3) is 0 Å². The molecule has 1 atom stereocenters. The molecule has 1 saturated heterocycles. The van der Waals surface area contributed by atoms with Crippen molar-refractivity contribution in [1.29, 1.82) is 0 Å². The second-order valence-corrected chi connectivity index (χ2v) is 9.42. The molecule has 5 rings (SSSR count). The molecule has 8 nitrogen and oxygen atoms in total. The Morgan fingerprint density at radius 3 is 3.06 bits per heavy atom. The van der Waals surface area contributed by atoms with Gasteiger partial charge in [-0.25, -0.2) is 4.79 Å². The lowest BCUT2D eigenvalue weighted by Crippen LogP contribution is -2.28. The van der Waals surface area contributed by atoms with Crippen molar-refractivity contribution in [3.63, 3.8) is 0 Å². The average Bonchev–Trinajstić information content (AvgIpc) is 3.21. The molecule has 2 aromatic rings. The maximum Gasteiger partial charge on any atom is 0.414 e. The number of fused-ring (bicyclic) bond motifs is 2. The van der Waals surface area contributed by atoms with Crippen LogP contribution in [0.5, 0.6) is 0 Å². The third-order valence-electron chi connectivity index (χ3n) is 6.09. The molecule has 9 heteroatoms. The Morgan fingerprint density at radius 2 is 2.15 bits per heavy atom. The first-order chi connectivity index (χ1) is 16.1. The summed E-state index contributed by atoms with van der Waals surface area (Å²) in [6.45, 7) is 1.84.